The first-order chi connectivity index (χ1) is 11.3. The van der Waals surface area contributed by atoms with E-state index in [0.29, 0.717) is 12.6 Å². The van der Waals surface area contributed by atoms with E-state index in [4.69, 9.17) is 4.74 Å². The third-order valence-corrected chi connectivity index (χ3v) is 4.72. The Balaban J connectivity index is 1.54. The molecular weight excluding hydrogens is 290 g/mol. The molecule has 0 aromatic heterocycles. The minimum atomic E-state index is -0.0475. The lowest BCUT2D eigenvalue weighted by molar-refractivity contribution is 0.122. The van der Waals surface area contributed by atoms with Gasteiger partial charge in [-0.05, 0) is 24.5 Å². The largest absolute Gasteiger partial charge is 0.378 e. The number of urea groups is 1. The number of carbonyl (C=O) groups excluding carboxylic acids is 1. The van der Waals surface area contributed by atoms with Crippen LogP contribution in [0.2, 0.25) is 0 Å². The molecule has 0 atom stereocenters. The predicted octanol–water partition coefficient (Wildman–Crippen LogP) is 2.66. The zero-order valence-corrected chi connectivity index (χ0v) is 13.7. The Kier molecular flexibility index (Phi) is 5.75. The fourth-order valence-electron chi connectivity index (χ4n) is 3.43. The predicted molar refractivity (Wildman–Crippen MR) is 91.7 cm³/mol. The molecule has 0 unspecified atom stereocenters. The maximum atomic E-state index is 12.1. The maximum absolute atomic E-state index is 12.1. The second-order valence-electron chi connectivity index (χ2n) is 6.39. The van der Waals surface area contributed by atoms with Crippen molar-refractivity contribution in [2.45, 2.75) is 44.7 Å². The fraction of sp³-hybridized carbons (Fsp3) is 0.611. The number of hydrogen-bond acceptors (Lipinski definition) is 3. The van der Waals surface area contributed by atoms with Crippen LogP contribution in [0.5, 0.6) is 0 Å². The molecule has 0 bridgehead atoms. The monoisotopic (exact) mass is 317 g/mol. The minimum absolute atomic E-state index is 0.0475. The minimum Gasteiger partial charge on any atom is -0.378 e. The van der Waals surface area contributed by atoms with E-state index in [1.165, 1.54) is 24.9 Å². The Morgan fingerprint density at radius 3 is 2.65 bits per heavy atom. The van der Waals surface area contributed by atoms with Crippen molar-refractivity contribution < 1.29 is 9.53 Å². The average molecular weight is 317 g/mol. The number of amides is 2. The highest BCUT2D eigenvalue weighted by molar-refractivity contribution is 5.74. The molecule has 1 aliphatic carbocycles. The summed E-state index contributed by atoms with van der Waals surface area (Å²) in [6.07, 6.45) is 5.97. The van der Waals surface area contributed by atoms with Crippen LogP contribution in [0.3, 0.4) is 0 Å². The summed E-state index contributed by atoms with van der Waals surface area (Å²) in [6.45, 7) is 3.91. The van der Waals surface area contributed by atoms with Gasteiger partial charge in [0.1, 0.15) is 0 Å². The lowest BCUT2D eigenvalue weighted by atomic mass is 9.96. The molecule has 5 nitrogen and oxygen atoms in total. The van der Waals surface area contributed by atoms with Crippen molar-refractivity contribution in [3.63, 3.8) is 0 Å². The van der Waals surface area contributed by atoms with E-state index < -0.39 is 0 Å². The van der Waals surface area contributed by atoms with Gasteiger partial charge in [0.2, 0.25) is 0 Å². The highest BCUT2D eigenvalue weighted by Crippen LogP contribution is 2.21. The number of para-hydroxylation sites is 1. The van der Waals surface area contributed by atoms with E-state index >= 15 is 0 Å². The first kappa shape index (κ1) is 16.1. The van der Waals surface area contributed by atoms with Gasteiger partial charge in [0, 0.05) is 31.4 Å². The van der Waals surface area contributed by atoms with Gasteiger partial charge in [-0.2, -0.15) is 0 Å². The van der Waals surface area contributed by atoms with Crippen molar-refractivity contribution in [3.8, 4) is 0 Å². The summed E-state index contributed by atoms with van der Waals surface area (Å²) >= 11 is 0. The number of carbonyl (C=O) groups is 1. The molecule has 1 aromatic carbocycles. The van der Waals surface area contributed by atoms with Crippen molar-refractivity contribution >= 4 is 11.7 Å². The average Bonchev–Trinajstić information content (AvgIpc) is 2.62. The lowest BCUT2D eigenvalue weighted by Gasteiger charge is -2.30. The molecular formula is C18H27N3O2. The third-order valence-electron chi connectivity index (χ3n) is 4.72. The van der Waals surface area contributed by atoms with E-state index in [-0.39, 0.29) is 6.03 Å². The number of ether oxygens (including phenoxy) is 1. The van der Waals surface area contributed by atoms with Crippen LogP contribution < -0.4 is 15.5 Å². The van der Waals surface area contributed by atoms with Gasteiger partial charge in [-0.25, -0.2) is 4.79 Å². The molecule has 1 saturated heterocycles. The van der Waals surface area contributed by atoms with Gasteiger partial charge < -0.3 is 20.3 Å². The number of rotatable bonds is 4. The van der Waals surface area contributed by atoms with Gasteiger partial charge in [-0.3, -0.25) is 0 Å². The summed E-state index contributed by atoms with van der Waals surface area (Å²) in [5, 5.41) is 6.12. The van der Waals surface area contributed by atoms with Crippen molar-refractivity contribution in [2.75, 3.05) is 31.2 Å². The van der Waals surface area contributed by atoms with Crippen LogP contribution in [0.1, 0.15) is 37.7 Å². The number of benzene rings is 1. The van der Waals surface area contributed by atoms with Gasteiger partial charge in [0.25, 0.3) is 0 Å². The molecule has 126 valence electrons. The summed E-state index contributed by atoms with van der Waals surface area (Å²) < 4.78 is 5.42. The van der Waals surface area contributed by atoms with Crippen LogP contribution in [0, 0.1) is 0 Å². The van der Waals surface area contributed by atoms with Gasteiger partial charge in [0.15, 0.2) is 0 Å². The topological polar surface area (TPSA) is 53.6 Å². The van der Waals surface area contributed by atoms with E-state index in [2.05, 4.69) is 33.7 Å². The molecule has 5 heteroatoms. The number of anilines is 1. The smallest absolute Gasteiger partial charge is 0.315 e. The second-order valence-corrected chi connectivity index (χ2v) is 6.39. The Morgan fingerprint density at radius 2 is 1.87 bits per heavy atom. The quantitative estimate of drug-likeness (QED) is 0.897. The summed E-state index contributed by atoms with van der Waals surface area (Å²) in [7, 11) is 0. The van der Waals surface area contributed by atoms with Crippen LogP contribution in [0.25, 0.3) is 0 Å². The van der Waals surface area contributed by atoms with Crippen LogP contribution >= 0.6 is 0 Å². The molecule has 1 aliphatic heterocycles. The standard InChI is InChI=1S/C18H27N3O2/c22-18(20-16-7-2-1-3-8-16)19-14-15-6-4-5-9-17(15)21-10-12-23-13-11-21/h4-6,9,16H,1-3,7-8,10-14H2,(H2,19,20,22). The Labute approximate surface area is 138 Å². The number of nitrogens with zero attached hydrogens (tertiary/aromatic N) is 1. The highest BCUT2D eigenvalue weighted by atomic mass is 16.5. The van der Waals surface area contributed by atoms with E-state index in [1.807, 2.05) is 6.07 Å². The molecule has 2 N–H and O–H groups in total. The maximum Gasteiger partial charge on any atom is 0.315 e. The zero-order valence-electron chi connectivity index (χ0n) is 13.7. The molecule has 2 amide bonds. The van der Waals surface area contributed by atoms with Crippen molar-refractivity contribution in [1.29, 1.82) is 0 Å². The van der Waals surface area contributed by atoms with E-state index in [0.717, 1.165) is 44.7 Å². The molecule has 23 heavy (non-hydrogen) atoms. The van der Waals surface area contributed by atoms with E-state index in [1.54, 1.807) is 0 Å². The van der Waals surface area contributed by atoms with Gasteiger partial charge in [-0.1, -0.05) is 37.5 Å². The number of hydrogen-bond donors (Lipinski definition) is 2. The third kappa shape index (κ3) is 4.61. The molecule has 2 fully saturated rings. The second kappa shape index (κ2) is 8.20. The molecule has 0 spiro atoms. The molecule has 1 heterocycles. The molecule has 3 rings (SSSR count). The normalized spacial score (nSPS) is 19.4. The summed E-state index contributed by atoms with van der Waals surface area (Å²) in [4.78, 5) is 14.4. The Bertz CT molecular complexity index is 509. The molecule has 2 aliphatic rings. The Hall–Kier alpha value is -1.75. The molecule has 0 radical (unpaired) electrons. The van der Waals surface area contributed by atoms with Crippen LogP contribution in [0.15, 0.2) is 24.3 Å². The SMILES string of the molecule is O=C(NCc1ccccc1N1CCOCC1)NC1CCCCC1. The molecule has 1 saturated carbocycles. The number of nitrogens with one attached hydrogen (secondary N) is 2. The number of morpholine rings is 1. The summed E-state index contributed by atoms with van der Waals surface area (Å²) in [5.41, 5.74) is 2.36. The highest BCUT2D eigenvalue weighted by Gasteiger charge is 2.17. The van der Waals surface area contributed by atoms with Crippen LogP contribution in [-0.4, -0.2) is 38.4 Å². The zero-order chi connectivity index (χ0) is 15.9. The van der Waals surface area contributed by atoms with Gasteiger partial charge >= 0.3 is 6.03 Å². The fourth-order valence-corrected chi connectivity index (χ4v) is 3.43. The summed E-state index contributed by atoms with van der Waals surface area (Å²) in [5.74, 6) is 0. The van der Waals surface area contributed by atoms with Crippen molar-refractivity contribution in [2.24, 2.45) is 0 Å². The van der Waals surface area contributed by atoms with Gasteiger partial charge in [-0.15, -0.1) is 0 Å². The Morgan fingerprint density at radius 1 is 1.13 bits per heavy atom. The lowest BCUT2D eigenvalue weighted by Crippen LogP contribution is -2.43. The van der Waals surface area contributed by atoms with Gasteiger partial charge in [0.05, 0.1) is 13.2 Å². The molecule has 1 aromatic rings. The van der Waals surface area contributed by atoms with Crippen LogP contribution in [0.4, 0.5) is 10.5 Å². The first-order valence-corrected chi connectivity index (χ1v) is 8.78. The van der Waals surface area contributed by atoms with E-state index in [9.17, 15) is 4.79 Å². The van der Waals surface area contributed by atoms with Crippen LogP contribution in [-0.2, 0) is 11.3 Å². The van der Waals surface area contributed by atoms with Crippen molar-refractivity contribution in [3.05, 3.63) is 29.8 Å². The first-order valence-electron chi connectivity index (χ1n) is 8.78. The van der Waals surface area contributed by atoms with Crippen molar-refractivity contribution in [1.82, 2.24) is 10.6 Å². The summed E-state index contributed by atoms with van der Waals surface area (Å²) in [6, 6.07) is 8.59.